The van der Waals surface area contributed by atoms with E-state index in [2.05, 4.69) is 20.6 Å². The Labute approximate surface area is 193 Å². The molecule has 34 heavy (non-hydrogen) atoms. The maximum absolute atomic E-state index is 14.0. The molecule has 2 aromatic carbocycles. The van der Waals surface area contributed by atoms with Crippen molar-refractivity contribution in [2.24, 2.45) is 0 Å². The van der Waals surface area contributed by atoms with Crippen LogP contribution in [0.1, 0.15) is 26.3 Å². The van der Waals surface area contributed by atoms with Gasteiger partial charge in [0.25, 0.3) is 0 Å². The average molecular weight is 477 g/mol. The Morgan fingerprint density at radius 1 is 1.06 bits per heavy atom. The molecule has 3 rings (SSSR count). The molecule has 0 saturated carbocycles. The molecule has 2 amide bonds. The van der Waals surface area contributed by atoms with E-state index in [1.54, 1.807) is 20.8 Å². The van der Waals surface area contributed by atoms with Gasteiger partial charge < -0.3 is 15.7 Å². The number of aromatic nitrogens is 2. The van der Waals surface area contributed by atoms with E-state index in [1.807, 2.05) is 0 Å². The van der Waals surface area contributed by atoms with E-state index in [-0.39, 0.29) is 23.0 Å². The number of carbonyl (C=O) groups excluding carboxylic acids is 1. The summed E-state index contributed by atoms with van der Waals surface area (Å²) in [5, 5.41) is 15.5. The van der Waals surface area contributed by atoms with Crippen LogP contribution in [0, 0.1) is 23.3 Å². The number of carbonyl (C=O) groups is 1. The van der Waals surface area contributed by atoms with E-state index < -0.39 is 47.5 Å². The third kappa shape index (κ3) is 5.79. The highest BCUT2D eigenvalue weighted by Crippen LogP contribution is 2.25. The second-order valence-corrected chi connectivity index (χ2v) is 8.06. The predicted octanol–water partition coefficient (Wildman–Crippen LogP) is 4.65. The van der Waals surface area contributed by atoms with E-state index in [0.29, 0.717) is 0 Å². The number of urea groups is 1. The average Bonchev–Trinajstić information content (AvgIpc) is 2.78. The van der Waals surface area contributed by atoms with Gasteiger partial charge in [-0.3, -0.25) is 0 Å². The summed E-state index contributed by atoms with van der Waals surface area (Å²) < 4.78 is 54.2. The van der Waals surface area contributed by atoms with Gasteiger partial charge in [0.15, 0.2) is 17.5 Å². The molecule has 0 bridgehead atoms. The fourth-order valence-electron chi connectivity index (χ4n) is 2.81. The minimum Gasteiger partial charge on any atom is -0.388 e. The van der Waals surface area contributed by atoms with Crippen LogP contribution in [0.5, 0.6) is 0 Å². The molecule has 0 fully saturated rings. The first-order chi connectivity index (χ1) is 16.0. The van der Waals surface area contributed by atoms with E-state index in [4.69, 9.17) is 0 Å². The van der Waals surface area contributed by atoms with Crippen molar-refractivity contribution in [3.8, 4) is 0 Å². The lowest BCUT2D eigenvalue weighted by Crippen LogP contribution is -2.40. The van der Waals surface area contributed by atoms with E-state index in [1.165, 1.54) is 24.4 Å². The lowest BCUT2D eigenvalue weighted by atomic mass is 10.0. The molecule has 0 aliphatic rings. The number of benzene rings is 2. The molecular formula is C23H23F4N5O2. The van der Waals surface area contributed by atoms with Crippen LogP contribution < -0.4 is 15.5 Å². The first-order valence-electron chi connectivity index (χ1n) is 10.2. The zero-order valence-electron chi connectivity index (χ0n) is 18.6. The predicted molar refractivity (Wildman–Crippen MR) is 119 cm³/mol. The Kier molecular flexibility index (Phi) is 7.35. The SMILES string of the molecule is CC(Nc1nccc(N(C(=O)NCc2ccc(F)c(F)c2F)c2ccc(F)cc2)n1)C(C)(C)O. The number of halogens is 4. The second kappa shape index (κ2) is 10.0. The van der Waals surface area contributed by atoms with Gasteiger partial charge in [-0.25, -0.2) is 32.2 Å². The fourth-order valence-corrected chi connectivity index (χ4v) is 2.81. The van der Waals surface area contributed by atoms with Crippen LogP contribution >= 0.6 is 0 Å². The lowest BCUT2D eigenvalue weighted by Gasteiger charge is -2.27. The molecule has 3 aromatic rings. The normalized spacial score (nSPS) is 12.2. The smallest absolute Gasteiger partial charge is 0.327 e. The first-order valence-corrected chi connectivity index (χ1v) is 10.2. The van der Waals surface area contributed by atoms with Crippen LogP contribution in [0.2, 0.25) is 0 Å². The largest absolute Gasteiger partial charge is 0.388 e. The molecule has 3 N–H and O–H groups in total. The number of hydrogen-bond donors (Lipinski definition) is 3. The number of rotatable bonds is 7. The van der Waals surface area contributed by atoms with Crippen molar-refractivity contribution in [3.63, 3.8) is 0 Å². The number of nitrogens with one attached hydrogen (secondary N) is 2. The van der Waals surface area contributed by atoms with Crippen molar-refractivity contribution < 1.29 is 27.5 Å². The minimum absolute atomic E-state index is 0.0790. The van der Waals surface area contributed by atoms with E-state index >= 15 is 0 Å². The zero-order valence-corrected chi connectivity index (χ0v) is 18.6. The Morgan fingerprint density at radius 3 is 2.38 bits per heavy atom. The van der Waals surface area contributed by atoms with Gasteiger partial charge in [0.1, 0.15) is 11.6 Å². The number of aliphatic hydroxyl groups is 1. The van der Waals surface area contributed by atoms with Crippen LogP contribution in [0.15, 0.2) is 48.7 Å². The number of hydrogen-bond acceptors (Lipinski definition) is 5. The van der Waals surface area contributed by atoms with Gasteiger partial charge in [-0.15, -0.1) is 0 Å². The maximum atomic E-state index is 14.0. The van der Waals surface area contributed by atoms with Gasteiger partial charge >= 0.3 is 6.03 Å². The highest BCUT2D eigenvalue weighted by Gasteiger charge is 2.25. The Morgan fingerprint density at radius 2 is 1.74 bits per heavy atom. The third-order valence-electron chi connectivity index (χ3n) is 5.11. The van der Waals surface area contributed by atoms with Crippen LogP contribution in [-0.2, 0) is 6.54 Å². The number of amides is 2. The standard InChI is InChI=1S/C23H23F4N5O2/c1-13(23(2,3)34)30-21-28-11-10-18(31-21)32(16-7-5-15(24)6-8-16)22(33)29-12-14-4-9-17(25)20(27)19(14)26/h4-11,13,34H,12H2,1-3H3,(H,29,33)(H,28,30,31). The topological polar surface area (TPSA) is 90.4 Å². The molecule has 0 spiro atoms. The van der Waals surface area contributed by atoms with E-state index in [0.717, 1.165) is 29.2 Å². The molecular weight excluding hydrogens is 454 g/mol. The quantitative estimate of drug-likeness (QED) is 0.340. The van der Waals surface area contributed by atoms with Crippen molar-refractivity contribution in [1.29, 1.82) is 0 Å². The lowest BCUT2D eigenvalue weighted by molar-refractivity contribution is 0.0646. The molecule has 1 atom stereocenters. The van der Waals surface area contributed by atoms with Gasteiger partial charge in [0.05, 0.1) is 17.3 Å². The fraction of sp³-hybridized carbons (Fsp3) is 0.261. The molecule has 0 aliphatic heterocycles. The van der Waals surface area contributed by atoms with Gasteiger partial charge in [-0.05, 0) is 51.1 Å². The monoisotopic (exact) mass is 477 g/mol. The van der Waals surface area contributed by atoms with E-state index in [9.17, 15) is 27.5 Å². The summed E-state index contributed by atoms with van der Waals surface area (Å²) in [6, 6.07) is 6.89. The molecule has 180 valence electrons. The Hall–Kier alpha value is -3.73. The first kappa shape index (κ1) is 24.9. The van der Waals surface area contributed by atoms with Crippen molar-refractivity contribution >= 4 is 23.5 Å². The summed E-state index contributed by atoms with van der Waals surface area (Å²) in [6.07, 6.45) is 1.38. The summed E-state index contributed by atoms with van der Waals surface area (Å²) in [4.78, 5) is 22.5. The Bertz CT molecular complexity index is 1170. The molecule has 1 heterocycles. The van der Waals surface area contributed by atoms with Crippen LogP contribution in [0.25, 0.3) is 0 Å². The summed E-state index contributed by atoms with van der Waals surface area (Å²) in [5.74, 6) is -4.75. The van der Waals surface area contributed by atoms with Crippen molar-refractivity contribution in [2.75, 3.05) is 10.2 Å². The van der Waals surface area contributed by atoms with Crippen LogP contribution in [-0.4, -0.2) is 32.7 Å². The van der Waals surface area contributed by atoms with Crippen LogP contribution in [0.4, 0.5) is 39.8 Å². The number of nitrogens with zero attached hydrogens (tertiary/aromatic N) is 3. The zero-order chi connectivity index (χ0) is 25.0. The van der Waals surface area contributed by atoms with Crippen molar-refractivity contribution in [2.45, 2.75) is 39.0 Å². The van der Waals surface area contributed by atoms with Crippen molar-refractivity contribution in [3.05, 3.63) is 77.5 Å². The molecule has 7 nitrogen and oxygen atoms in total. The van der Waals surface area contributed by atoms with Crippen molar-refractivity contribution in [1.82, 2.24) is 15.3 Å². The summed E-state index contributed by atoms with van der Waals surface area (Å²) in [5.41, 5.74) is -1.14. The third-order valence-corrected chi connectivity index (χ3v) is 5.11. The molecule has 0 aliphatic carbocycles. The molecule has 0 saturated heterocycles. The molecule has 1 aromatic heterocycles. The number of anilines is 3. The highest BCUT2D eigenvalue weighted by atomic mass is 19.2. The van der Waals surface area contributed by atoms with Gasteiger partial charge in [-0.1, -0.05) is 6.07 Å². The molecule has 11 heteroatoms. The van der Waals surface area contributed by atoms with Gasteiger partial charge in [0.2, 0.25) is 5.95 Å². The summed E-state index contributed by atoms with van der Waals surface area (Å²) >= 11 is 0. The summed E-state index contributed by atoms with van der Waals surface area (Å²) in [6.45, 7) is 4.47. The van der Waals surface area contributed by atoms with Crippen LogP contribution in [0.3, 0.4) is 0 Å². The van der Waals surface area contributed by atoms with Gasteiger partial charge in [-0.2, -0.15) is 4.98 Å². The minimum atomic E-state index is -1.64. The molecule has 0 radical (unpaired) electrons. The molecule has 1 unspecified atom stereocenters. The Balaban J connectivity index is 1.90. The maximum Gasteiger partial charge on any atom is 0.327 e. The highest BCUT2D eigenvalue weighted by molar-refractivity contribution is 5.98. The summed E-state index contributed by atoms with van der Waals surface area (Å²) in [7, 11) is 0. The second-order valence-electron chi connectivity index (χ2n) is 8.06. The van der Waals surface area contributed by atoms with Gasteiger partial charge in [0, 0.05) is 24.4 Å².